The van der Waals surface area contributed by atoms with E-state index in [1.807, 2.05) is 13.0 Å². The summed E-state index contributed by atoms with van der Waals surface area (Å²) < 4.78 is 0. The number of aromatic amines is 1. The summed E-state index contributed by atoms with van der Waals surface area (Å²) >= 11 is 5.93. The molecule has 0 saturated carbocycles. The van der Waals surface area contributed by atoms with Crippen LogP contribution in [0.5, 0.6) is 0 Å². The summed E-state index contributed by atoms with van der Waals surface area (Å²) in [6, 6.07) is 1.89. The Kier molecular flexibility index (Phi) is 2.23. The summed E-state index contributed by atoms with van der Waals surface area (Å²) in [4.78, 5) is 11.8. The molecule has 0 amide bonds. The third-order valence-corrected chi connectivity index (χ3v) is 2.48. The molecule has 0 atom stereocenters. The lowest BCUT2D eigenvalue weighted by Crippen LogP contribution is -2.15. The van der Waals surface area contributed by atoms with Crippen molar-refractivity contribution in [1.82, 2.24) is 15.0 Å². The van der Waals surface area contributed by atoms with Crippen LogP contribution in [-0.2, 0) is 5.41 Å². The van der Waals surface area contributed by atoms with Crippen molar-refractivity contribution in [3.63, 3.8) is 0 Å². The number of hydrogen-bond donors (Lipinski definition) is 1. The van der Waals surface area contributed by atoms with Gasteiger partial charge >= 0.3 is 0 Å². The Bertz CT molecular complexity index is 508. The largest absolute Gasteiger partial charge is 0.330 e. The maximum atomic E-state index is 5.93. The second-order valence-electron chi connectivity index (χ2n) is 4.75. The standard InChI is InChI=1S/C11H14ClN3/c1-6-13-9(11(2,3)4)7-5-8(12)15-10(7)14-6/h5H,1-4H3,(H,13,14,15). The maximum absolute atomic E-state index is 5.93. The SMILES string of the molecule is Cc1nc(C(C)(C)C)c2cc(Cl)[nH]c2n1. The van der Waals surface area contributed by atoms with Gasteiger partial charge in [-0.25, -0.2) is 9.97 Å². The van der Waals surface area contributed by atoms with Gasteiger partial charge in [-0.15, -0.1) is 0 Å². The molecule has 3 nitrogen and oxygen atoms in total. The van der Waals surface area contributed by atoms with Crippen LogP contribution < -0.4 is 0 Å². The quantitative estimate of drug-likeness (QED) is 0.745. The Morgan fingerprint density at radius 1 is 1.27 bits per heavy atom. The summed E-state index contributed by atoms with van der Waals surface area (Å²) in [5.41, 5.74) is 1.85. The first-order valence-electron chi connectivity index (χ1n) is 4.91. The summed E-state index contributed by atoms with van der Waals surface area (Å²) in [5, 5.41) is 1.62. The van der Waals surface area contributed by atoms with Crippen LogP contribution in [0.15, 0.2) is 6.07 Å². The second kappa shape index (κ2) is 3.20. The van der Waals surface area contributed by atoms with E-state index in [2.05, 4.69) is 35.7 Å². The molecular formula is C11H14ClN3. The lowest BCUT2D eigenvalue weighted by molar-refractivity contribution is 0.572. The maximum Gasteiger partial charge on any atom is 0.142 e. The zero-order valence-corrected chi connectivity index (χ0v) is 10.1. The van der Waals surface area contributed by atoms with E-state index in [1.165, 1.54) is 0 Å². The number of fused-ring (bicyclic) bond motifs is 1. The average Bonchev–Trinajstić information content (AvgIpc) is 2.41. The van der Waals surface area contributed by atoms with Gasteiger partial charge in [0.05, 0.1) is 5.69 Å². The summed E-state index contributed by atoms with van der Waals surface area (Å²) in [5.74, 6) is 0.769. The fraction of sp³-hybridized carbons (Fsp3) is 0.455. The molecule has 0 spiro atoms. The molecule has 1 N–H and O–H groups in total. The van der Waals surface area contributed by atoms with Crippen molar-refractivity contribution in [2.45, 2.75) is 33.1 Å². The molecular weight excluding hydrogens is 210 g/mol. The van der Waals surface area contributed by atoms with Crippen molar-refractivity contribution in [1.29, 1.82) is 0 Å². The fourth-order valence-corrected chi connectivity index (χ4v) is 1.86. The number of halogens is 1. The van der Waals surface area contributed by atoms with Gasteiger partial charge in [-0.2, -0.15) is 0 Å². The second-order valence-corrected chi connectivity index (χ2v) is 5.16. The minimum Gasteiger partial charge on any atom is -0.330 e. The van der Waals surface area contributed by atoms with Gasteiger partial charge < -0.3 is 4.98 Å². The van der Waals surface area contributed by atoms with Crippen LogP contribution in [0.25, 0.3) is 11.0 Å². The number of H-pyrrole nitrogens is 1. The van der Waals surface area contributed by atoms with Crippen molar-refractivity contribution >= 4 is 22.6 Å². The third kappa shape index (κ3) is 1.84. The number of aryl methyl sites for hydroxylation is 1. The summed E-state index contributed by atoms with van der Waals surface area (Å²) in [6.45, 7) is 8.29. The van der Waals surface area contributed by atoms with E-state index in [9.17, 15) is 0 Å². The number of rotatable bonds is 0. The van der Waals surface area contributed by atoms with E-state index in [0.29, 0.717) is 5.15 Å². The molecule has 0 unspecified atom stereocenters. The van der Waals surface area contributed by atoms with Crippen LogP contribution in [0, 0.1) is 6.92 Å². The minimum atomic E-state index is -0.00251. The van der Waals surface area contributed by atoms with E-state index in [-0.39, 0.29) is 5.41 Å². The van der Waals surface area contributed by atoms with Crippen molar-refractivity contribution in [3.05, 3.63) is 22.7 Å². The van der Waals surface area contributed by atoms with E-state index >= 15 is 0 Å². The summed E-state index contributed by atoms with van der Waals surface area (Å²) in [6.07, 6.45) is 0. The van der Waals surface area contributed by atoms with Crippen LogP contribution in [0.4, 0.5) is 0 Å². The van der Waals surface area contributed by atoms with Crippen LogP contribution >= 0.6 is 11.6 Å². The van der Waals surface area contributed by atoms with Crippen molar-refractivity contribution in [2.75, 3.05) is 0 Å². The van der Waals surface area contributed by atoms with Crippen LogP contribution in [0.3, 0.4) is 0 Å². The monoisotopic (exact) mass is 223 g/mol. The van der Waals surface area contributed by atoms with Gasteiger partial charge in [-0.05, 0) is 13.0 Å². The first-order valence-corrected chi connectivity index (χ1v) is 5.29. The number of aromatic nitrogens is 3. The van der Waals surface area contributed by atoms with Crippen molar-refractivity contribution in [3.8, 4) is 0 Å². The lowest BCUT2D eigenvalue weighted by atomic mass is 9.90. The first-order chi connectivity index (χ1) is 6.88. The Labute approximate surface area is 93.9 Å². The Hall–Kier alpha value is -1.09. The molecule has 0 fully saturated rings. The van der Waals surface area contributed by atoms with E-state index in [0.717, 1.165) is 22.6 Å². The predicted molar refractivity (Wildman–Crippen MR) is 62.3 cm³/mol. The number of hydrogen-bond acceptors (Lipinski definition) is 2. The van der Waals surface area contributed by atoms with E-state index < -0.39 is 0 Å². The van der Waals surface area contributed by atoms with E-state index in [1.54, 1.807) is 0 Å². The zero-order valence-electron chi connectivity index (χ0n) is 9.35. The average molecular weight is 224 g/mol. The molecule has 0 aliphatic rings. The van der Waals surface area contributed by atoms with Gasteiger partial charge in [0.25, 0.3) is 0 Å². The van der Waals surface area contributed by atoms with Gasteiger partial charge in [0, 0.05) is 10.8 Å². The smallest absolute Gasteiger partial charge is 0.142 e. The first kappa shape index (κ1) is 10.4. The molecule has 0 aromatic carbocycles. The Morgan fingerprint density at radius 3 is 2.53 bits per heavy atom. The molecule has 80 valence electrons. The molecule has 0 aliphatic heterocycles. The highest BCUT2D eigenvalue weighted by Gasteiger charge is 2.20. The molecule has 0 radical (unpaired) electrons. The van der Waals surface area contributed by atoms with Crippen molar-refractivity contribution in [2.24, 2.45) is 0 Å². The highest BCUT2D eigenvalue weighted by molar-refractivity contribution is 6.30. The number of nitrogens with zero attached hydrogens (tertiary/aromatic N) is 2. The topological polar surface area (TPSA) is 41.6 Å². The highest BCUT2D eigenvalue weighted by atomic mass is 35.5. The van der Waals surface area contributed by atoms with Gasteiger partial charge in [-0.1, -0.05) is 32.4 Å². The molecule has 2 aromatic heterocycles. The van der Waals surface area contributed by atoms with Gasteiger partial charge in [0.15, 0.2) is 0 Å². The molecule has 2 heterocycles. The Morgan fingerprint density at radius 2 is 1.93 bits per heavy atom. The minimum absolute atomic E-state index is 0.00251. The third-order valence-electron chi connectivity index (χ3n) is 2.28. The number of nitrogens with one attached hydrogen (secondary N) is 1. The molecule has 2 aromatic rings. The van der Waals surface area contributed by atoms with Gasteiger partial charge in [0.1, 0.15) is 16.6 Å². The van der Waals surface area contributed by atoms with E-state index in [4.69, 9.17) is 11.6 Å². The summed E-state index contributed by atoms with van der Waals surface area (Å²) in [7, 11) is 0. The van der Waals surface area contributed by atoms with Crippen LogP contribution in [0.2, 0.25) is 5.15 Å². The fourth-order valence-electron chi connectivity index (χ4n) is 1.66. The Balaban J connectivity index is 2.82. The predicted octanol–water partition coefficient (Wildman–Crippen LogP) is 3.22. The molecule has 15 heavy (non-hydrogen) atoms. The van der Waals surface area contributed by atoms with Crippen molar-refractivity contribution < 1.29 is 0 Å². The normalized spacial score (nSPS) is 12.3. The zero-order chi connectivity index (χ0) is 11.2. The van der Waals surface area contributed by atoms with Crippen LogP contribution in [0.1, 0.15) is 32.3 Å². The van der Waals surface area contributed by atoms with Gasteiger partial charge in [0.2, 0.25) is 0 Å². The molecule has 4 heteroatoms. The molecule has 0 bridgehead atoms. The highest BCUT2D eigenvalue weighted by Crippen LogP contribution is 2.29. The van der Waals surface area contributed by atoms with Crippen LogP contribution in [-0.4, -0.2) is 15.0 Å². The lowest BCUT2D eigenvalue weighted by Gasteiger charge is -2.18. The molecule has 0 saturated heterocycles. The molecule has 0 aliphatic carbocycles. The molecule has 2 rings (SSSR count). The van der Waals surface area contributed by atoms with Gasteiger partial charge in [-0.3, -0.25) is 0 Å².